The number of amides is 4. The van der Waals surface area contributed by atoms with Gasteiger partial charge in [0.25, 0.3) is 11.8 Å². The Morgan fingerprint density at radius 2 is 1.81 bits per heavy atom. The van der Waals surface area contributed by atoms with Crippen LogP contribution in [0.4, 0.5) is 0 Å². The van der Waals surface area contributed by atoms with Crippen LogP contribution in [0.15, 0.2) is 30.3 Å². The zero-order chi connectivity index (χ0) is 20.1. The van der Waals surface area contributed by atoms with Gasteiger partial charge in [0.2, 0.25) is 12.3 Å². The van der Waals surface area contributed by atoms with Crippen LogP contribution in [-0.4, -0.2) is 35.1 Å². The lowest BCUT2D eigenvalue weighted by Crippen LogP contribution is -2.46. The maximum Gasteiger partial charge on any atom is 0.261 e. The number of carbonyl (C=O) groups is 4. The molecule has 6 heteroatoms. The van der Waals surface area contributed by atoms with Gasteiger partial charge < -0.3 is 0 Å². The molecule has 4 amide bonds. The summed E-state index contributed by atoms with van der Waals surface area (Å²) < 4.78 is 0. The summed E-state index contributed by atoms with van der Waals surface area (Å²) in [5.74, 6) is -1.13. The molecule has 27 heavy (non-hydrogen) atoms. The van der Waals surface area contributed by atoms with Crippen LogP contribution in [0.25, 0.3) is 10.8 Å². The van der Waals surface area contributed by atoms with E-state index < -0.39 is 11.9 Å². The maximum absolute atomic E-state index is 12.9. The summed E-state index contributed by atoms with van der Waals surface area (Å²) in [5.41, 5.74) is 1.95. The summed E-state index contributed by atoms with van der Waals surface area (Å²) in [6, 6.07) is 8.69. The van der Waals surface area contributed by atoms with E-state index in [2.05, 4.69) is 5.32 Å². The van der Waals surface area contributed by atoms with Crippen LogP contribution < -0.4 is 5.32 Å². The molecule has 2 aromatic rings. The molecule has 1 heterocycles. The van der Waals surface area contributed by atoms with Gasteiger partial charge in [-0.1, -0.05) is 32.0 Å². The van der Waals surface area contributed by atoms with Gasteiger partial charge in [0.15, 0.2) is 0 Å². The van der Waals surface area contributed by atoms with Crippen molar-refractivity contribution in [2.24, 2.45) is 0 Å². The van der Waals surface area contributed by atoms with Gasteiger partial charge in [0, 0.05) is 29.0 Å². The third-order valence-electron chi connectivity index (χ3n) is 4.47. The highest BCUT2D eigenvalue weighted by Gasteiger charge is 2.35. The van der Waals surface area contributed by atoms with Crippen LogP contribution in [0.3, 0.4) is 0 Å². The highest BCUT2D eigenvalue weighted by atomic mass is 16.2. The second kappa shape index (κ2) is 8.58. The van der Waals surface area contributed by atoms with Gasteiger partial charge in [-0.15, -0.1) is 0 Å². The number of nitrogens with zero attached hydrogens (tertiary/aromatic N) is 1. The minimum absolute atomic E-state index is 0.0574. The van der Waals surface area contributed by atoms with Crippen molar-refractivity contribution < 1.29 is 19.2 Å². The first kappa shape index (κ1) is 20.3. The fourth-order valence-corrected chi connectivity index (χ4v) is 3.28. The lowest BCUT2D eigenvalue weighted by Gasteiger charge is -2.32. The molecule has 142 valence electrons. The highest BCUT2D eigenvalue weighted by Crippen LogP contribution is 2.32. The van der Waals surface area contributed by atoms with Crippen molar-refractivity contribution in [1.82, 2.24) is 10.2 Å². The van der Waals surface area contributed by atoms with Gasteiger partial charge >= 0.3 is 0 Å². The molecule has 0 bridgehead atoms. The average molecular weight is 368 g/mol. The molecular weight excluding hydrogens is 344 g/mol. The van der Waals surface area contributed by atoms with Crippen LogP contribution in [0.1, 0.15) is 59.9 Å². The lowest BCUT2D eigenvalue weighted by molar-refractivity contribution is -0.125. The van der Waals surface area contributed by atoms with Crippen molar-refractivity contribution in [1.29, 1.82) is 0 Å². The molecule has 6 nitrogen and oxygen atoms in total. The zero-order valence-electron chi connectivity index (χ0n) is 16.0. The summed E-state index contributed by atoms with van der Waals surface area (Å²) in [7, 11) is 0. The number of hydrogen-bond donors (Lipinski definition) is 1. The Morgan fingerprint density at radius 1 is 1.15 bits per heavy atom. The molecule has 1 aliphatic heterocycles. The monoisotopic (exact) mass is 368 g/mol. The third-order valence-corrected chi connectivity index (χ3v) is 4.47. The topological polar surface area (TPSA) is 83.6 Å². The van der Waals surface area contributed by atoms with Gasteiger partial charge in [-0.3, -0.25) is 29.4 Å². The average Bonchev–Trinajstić information content (AvgIpc) is 2.66. The van der Waals surface area contributed by atoms with E-state index in [1.165, 1.54) is 4.90 Å². The van der Waals surface area contributed by atoms with Gasteiger partial charge in [-0.05, 0) is 43.4 Å². The largest absolute Gasteiger partial charge is 0.299 e. The predicted molar refractivity (Wildman–Crippen MR) is 103 cm³/mol. The van der Waals surface area contributed by atoms with Crippen molar-refractivity contribution in [3.8, 4) is 0 Å². The molecule has 2 aromatic carbocycles. The van der Waals surface area contributed by atoms with Gasteiger partial charge in [-0.25, -0.2) is 0 Å². The molecule has 0 fully saturated rings. The minimum atomic E-state index is -0.457. The molecule has 1 unspecified atom stereocenters. The van der Waals surface area contributed by atoms with Crippen LogP contribution >= 0.6 is 0 Å². The Balaban J connectivity index is 0.00000126. The molecule has 3 rings (SSSR count). The van der Waals surface area contributed by atoms with E-state index in [1.807, 2.05) is 32.9 Å². The number of imide groups is 2. The molecule has 0 aliphatic carbocycles. The van der Waals surface area contributed by atoms with Crippen molar-refractivity contribution in [3.05, 3.63) is 47.0 Å². The quantitative estimate of drug-likeness (QED) is 0.649. The van der Waals surface area contributed by atoms with Crippen molar-refractivity contribution >= 4 is 34.9 Å². The first-order valence-corrected chi connectivity index (χ1v) is 9.08. The molecular formula is C21H24N2O4. The summed E-state index contributed by atoms with van der Waals surface area (Å²) >= 11 is 0. The standard InChI is InChI=1S/C19H18N2O4.C2H6/c1-11-8-13-4-3-5-14-17(13)15(9-11)19(25)21(18(14)24)12(2)6-7-16(23)20-10-22;1-2/h3-5,8-10,12H,6-7H2,1-2H3,(H,20,22,23);1-2H3. The summed E-state index contributed by atoms with van der Waals surface area (Å²) in [6.07, 6.45) is 0.667. The van der Waals surface area contributed by atoms with Gasteiger partial charge in [0.1, 0.15) is 0 Å². The van der Waals surface area contributed by atoms with E-state index in [4.69, 9.17) is 0 Å². The van der Waals surface area contributed by atoms with Crippen LogP contribution in [0.2, 0.25) is 0 Å². The van der Waals surface area contributed by atoms with Crippen LogP contribution in [0.5, 0.6) is 0 Å². The van der Waals surface area contributed by atoms with Crippen molar-refractivity contribution in [3.63, 3.8) is 0 Å². The normalized spacial score (nSPS) is 13.7. The number of nitrogens with one attached hydrogen (secondary N) is 1. The zero-order valence-corrected chi connectivity index (χ0v) is 16.0. The Morgan fingerprint density at radius 3 is 2.48 bits per heavy atom. The second-order valence-electron chi connectivity index (χ2n) is 6.27. The van der Waals surface area contributed by atoms with E-state index in [0.717, 1.165) is 10.9 Å². The molecule has 0 spiro atoms. The number of rotatable bonds is 5. The fourth-order valence-electron chi connectivity index (χ4n) is 3.28. The summed E-state index contributed by atoms with van der Waals surface area (Å²) in [4.78, 5) is 48.7. The van der Waals surface area contributed by atoms with Crippen LogP contribution in [0, 0.1) is 6.92 Å². The van der Waals surface area contributed by atoms with Crippen LogP contribution in [-0.2, 0) is 9.59 Å². The van der Waals surface area contributed by atoms with E-state index >= 15 is 0 Å². The Kier molecular flexibility index (Phi) is 6.45. The minimum Gasteiger partial charge on any atom is -0.299 e. The number of aryl methyl sites for hydroxylation is 1. The molecule has 1 N–H and O–H groups in total. The lowest BCUT2D eigenvalue weighted by atomic mass is 9.91. The Bertz CT molecular complexity index is 904. The number of hydrogen-bond acceptors (Lipinski definition) is 4. The Hall–Kier alpha value is -3.02. The summed E-state index contributed by atoms with van der Waals surface area (Å²) in [6.45, 7) is 7.63. The first-order chi connectivity index (χ1) is 12.9. The molecule has 0 saturated heterocycles. The predicted octanol–water partition coefficient (Wildman–Crippen LogP) is 3.21. The molecule has 1 atom stereocenters. The van der Waals surface area contributed by atoms with Crippen molar-refractivity contribution in [2.45, 2.75) is 46.6 Å². The van der Waals surface area contributed by atoms with E-state index in [1.54, 1.807) is 25.1 Å². The van der Waals surface area contributed by atoms with E-state index in [-0.39, 0.29) is 24.7 Å². The van der Waals surface area contributed by atoms with Crippen molar-refractivity contribution in [2.75, 3.05) is 0 Å². The third kappa shape index (κ3) is 3.89. The molecule has 0 aromatic heterocycles. The second-order valence-corrected chi connectivity index (χ2v) is 6.27. The highest BCUT2D eigenvalue weighted by molar-refractivity contribution is 6.25. The smallest absolute Gasteiger partial charge is 0.261 e. The molecule has 1 aliphatic rings. The number of carbonyl (C=O) groups excluding carboxylic acids is 4. The molecule has 0 saturated carbocycles. The van der Waals surface area contributed by atoms with Gasteiger partial charge in [-0.2, -0.15) is 0 Å². The Labute approximate surface area is 158 Å². The van der Waals surface area contributed by atoms with Gasteiger partial charge in [0.05, 0.1) is 0 Å². The fraction of sp³-hybridized carbons (Fsp3) is 0.333. The summed E-state index contributed by atoms with van der Waals surface area (Å²) in [5, 5.41) is 3.61. The first-order valence-electron chi connectivity index (χ1n) is 9.08. The maximum atomic E-state index is 12.9. The van der Waals surface area contributed by atoms with E-state index in [9.17, 15) is 19.2 Å². The SMILES string of the molecule is CC.Cc1cc2c3c(cccc3c1)C(=O)N(C(C)CCC(=O)NC=O)C2=O. The number of benzene rings is 2. The van der Waals surface area contributed by atoms with E-state index in [0.29, 0.717) is 22.9 Å². The molecule has 0 radical (unpaired) electrons.